The van der Waals surface area contributed by atoms with E-state index in [2.05, 4.69) is 0 Å². The van der Waals surface area contributed by atoms with Crippen molar-refractivity contribution in [2.45, 2.75) is 6.04 Å². The first-order valence-corrected chi connectivity index (χ1v) is 8.84. The Morgan fingerprint density at radius 1 is 1.14 bits per heavy atom. The van der Waals surface area contributed by atoms with E-state index < -0.39 is 17.7 Å². The number of aliphatic hydroxyl groups excluding tert-OH is 1. The third-order valence-corrected chi connectivity index (χ3v) is 4.84. The van der Waals surface area contributed by atoms with Crippen molar-refractivity contribution in [3.8, 4) is 11.5 Å². The first-order chi connectivity index (χ1) is 13.6. The van der Waals surface area contributed by atoms with Crippen molar-refractivity contribution < 1.29 is 28.9 Å². The minimum Gasteiger partial charge on any atom is -0.507 e. The summed E-state index contributed by atoms with van der Waals surface area (Å²) in [6, 6.07) is 13.2. The maximum absolute atomic E-state index is 12.8. The van der Waals surface area contributed by atoms with Crippen LogP contribution in [0.25, 0.3) is 5.76 Å². The molecule has 1 amide bonds. The van der Waals surface area contributed by atoms with Crippen molar-refractivity contribution in [3.63, 3.8) is 0 Å². The molecular weight excluding hydrogens is 362 g/mol. The molecule has 0 aliphatic carbocycles. The van der Waals surface area contributed by atoms with Crippen molar-refractivity contribution >= 4 is 17.4 Å². The fourth-order valence-electron chi connectivity index (χ4n) is 3.48. The van der Waals surface area contributed by atoms with Crippen LogP contribution in [0.15, 0.2) is 54.1 Å². The van der Waals surface area contributed by atoms with Crippen molar-refractivity contribution in [3.05, 3.63) is 65.2 Å². The molecule has 2 aromatic carbocycles. The Bertz CT molecular complexity index is 953. The lowest BCUT2D eigenvalue weighted by molar-refractivity contribution is -0.140. The van der Waals surface area contributed by atoms with Crippen LogP contribution in [0, 0.1) is 0 Å². The molecule has 0 aromatic heterocycles. The standard InChI is InChI=1S/C21H19NO6/c1-26-10-9-22-18(14-7-8-15-16(11-14)28-12-27-15)17(20(24)21(22)25)19(23)13-5-3-2-4-6-13/h2-8,11,18,23H,9-10,12H2,1H3/b19-17+. The number of fused-ring (bicyclic) bond motifs is 1. The summed E-state index contributed by atoms with van der Waals surface area (Å²) in [6.45, 7) is 0.595. The smallest absolute Gasteiger partial charge is 0.295 e. The second-order valence-corrected chi connectivity index (χ2v) is 6.46. The van der Waals surface area contributed by atoms with Crippen LogP contribution in [0.4, 0.5) is 0 Å². The molecule has 1 unspecified atom stereocenters. The number of nitrogens with zero attached hydrogens (tertiary/aromatic N) is 1. The van der Waals surface area contributed by atoms with E-state index in [4.69, 9.17) is 14.2 Å². The average Bonchev–Trinajstić information content (AvgIpc) is 3.29. The molecule has 0 radical (unpaired) electrons. The zero-order chi connectivity index (χ0) is 19.7. The molecule has 1 atom stereocenters. The molecule has 144 valence electrons. The van der Waals surface area contributed by atoms with Crippen LogP contribution in [0.3, 0.4) is 0 Å². The number of hydrogen-bond acceptors (Lipinski definition) is 6. The predicted octanol–water partition coefficient (Wildman–Crippen LogP) is 2.48. The van der Waals surface area contributed by atoms with Gasteiger partial charge in [0.1, 0.15) is 5.76 Å². The Morgan fingerprint density at radius 2 is 1.89 bits per heavy atom. The first-order valence-electron chi connectivity index (χ1n) is 8.84. The SMILES string of the molecule is COCCN1C(=O)C(=O)/C(=C(/O)c2ccccc2)C1c1ccc2c(c1)OCO2. The van der Waals surface area contributed by atoms with Gasteiger partial charge in [-0.3, -0.25) is 9.59 Å². The summed E-state index contributed by atoms with van der Waals surface area (Å²) in [5.74, 6) is -0.464. The van der Waals surface area contributed by atoms with Gasteiger partial charge < -0.3 is 24.2 Å². The first kappa shape index (κ1) is 18.1. The van der Waals surface area contributed by atoms with Gasteiger partial charge in [0.15, 0.2) is 11.5 Å². The van der Waals surface area contributed by atoms with Crippen LogP contribution in [-0.4, -0.2) is 48.8 Å². The number of rotatable bonds is 5. The Kier molecular flexibility index (Phi) is 4.75. The monoisotopic (exact) mass is 381 g/mol. The van der Waals surface area contributed by atoms with E-state index in [-0.39, 0.29) is 31.3 Å². The summed E-state index contributed by atoms with van der Waals surface area (Å²) in [6.07, 6.45) is 0. The molecule has 7 nitrogen and oxygen atoms in total. The predicted molar refractivity (Wildman–Crippen MR) is 99.9 cm³/mol. The van der Waals surface area contributed by atoms with Gasteiger partial charge in [-0.1, -0.05) is 36.4 Å². The number of amides is 1. The highest BCUT2D eigenvalue weighted by molar-refractivity contribution is 6.46. The number of methoxy groups -OCH3 is 1. The number of carbonyl (C=O) groups excluding carboxylic acids is 2. The molecule has 1 saturated heterocycles. The van der Waals surface area contributed by atoms with Gasteiger partial charge in [0.05, 0.1) is 18.2 Å². The number of ketones is 1. The van der Waals surface area contributed by atoms with Crippen LogP contribution in [0.1, 0.15) is 17.2 Å². The Labute approximate surface area is 161 Å². The zero-order valence-corrected chi connectivity index (χ0v) is 15.3. The van der Waals surface area contributed by atoms with E-state index in [0.29, 0.717) is 22.6 Å². The fraction of sp³-hybridized carbons (Fsp3) is 0.238. The second kappa shape index (κ2) is 7.36. The molecule has 1 N–H and O–H groups in total. The third-order valence-electron chi connectivity index (χ3n) is 4.84. The minimum atomic E-state index is -0.746. The summed E-state index contributed by atoms with van der Waals surface area (Å²) in [4.78, 5) is 26.9. The highest BCUT2D eigenvalue weighted by Gasteiger charge is 2.46. The normalized spacial score (nSPS) is 20.0. The lowest BCUT2D eigenvalue weighted by atomic mass is 9.95. The van der Waals surface area contributed by atoms with Crippen LogP contribution in [0.2, 0.25) is 0 Å². The quantitative estimate of drug-likeness (QED) is 0.487. The molecule has 28 heavy (non-hydrogen) atoms. The third kappa shape index (κ3) is 2.99. The number of benzene rings is 2. The number of Topliss-reactive ketones (excluding diaryl/α,β-unsaturated/α-hetero) is 1. The van der Waals surface area contributed by atoms with Gasteiger partial charge in [0.25, 0.3) is 11.7 Å². The molecule has 4 rings (SSSR count). The molecule has 2 aliphatic heterocycles. The summed E-state index contributed by atoms with van der Waals surface area (Å²) in [5, 5.41) is 10.9. The summed E-state index contributed by atoms with van der Waals surface area (Å²) < 4.78 is 15.9. The Morgan fingerprint density at radius 3 is 2.64 bits per heavy atom. The fourth-order valence-corrected chi connectivity index (χ4v) is 3.48. The topological polar surface area (TPSA) is 85.3 Å². The van der Waals surface area contributed by atoms with Crippen LogP contribution >= 0.6 is 0 Å². The van der Waals surface area contributed by atoms with Gasteiger partial charge in [-0.05, 0) is 17.7 Å². The average molecular weight is 381 g/mol. The summed E-state index contributed by atoms with van der Waals surface area (Å²) in [5.41, 5.74) is 1.17. The summed E-state index contributed by atoms with van der Waals surface area (Å²) in [7, 11) is 1.52. The van der Waals surface area contributed by atoms with Crippen molar-refractivity contribution in [2.24, 2.45) is 0 Å². The molecule has 0 saturated carbocycles. The molecule has 7 heteroatoms. The maximum atomic E-state index is 12.8. The van der Waals surface area contributed by atoms with Gasteiger partial charge in [0, 0.05) is 19.2 Å². The Balaban J connectivity index is 1.85. The van der Waals surface area contributed by atoms with Gasteiger partial charge in [-0.25, -0.2) is 0 Å². The van der Waals surface area contributed by atoms with E-state index in [0.717, 1.165) is 0 Å². The van der Waals surface area contributed by atoms with Crippen LogP contribution < -0.4 is 9.47 Å². The molecule has 1 fully saturated rings. The highest BCUT2D eigenvalue weighted by Crippen LogP contribution is 2.42. The summed E-state index contributed by atoms with van der Waals surface area (Å²) >= 11 is 0. The molecule has 2 aliphatic rings. The van der Waals surface area contributed by atoms with Gasteiger partial charge in [0.2, 0.25) is 6.79 Å². The van der Waals surface area contributed by atoms with E-state index in [9.17, 15) is 14.7 Å². The van der Waals surface area contributed by atoms with Crippen molar-refractivity contribution in [1.29, 1.82) is 0 Å². The lowest BCUT2D eigenvalue weighted by Crippen LogP contribution is -2.32. The maximum Gasteiger partial charge on any atom is 0.295 e. The van der Waals surface area contributed by atoms with E-state index in [1.54, 1.807) is 42.5 Å². The second-order valence-electron chi connectivity index (χ2n) is 6.46. The van der Waals surface area contributed by atoms with E-state index >= 15 is 0 Å². The van der Waals surface area contributed by atoms with Crippen LogP contribution in [0.5, 0.6) is 11.5 Å². The zero-order valence-electron chi connectivity index (χ0n) is 15.3. The molecule has 0 spiro atoms. The van der Waals surface area contributed by atoms with Gasteiger partial charge in [-0.2, -0.15) is 0 Å². The largest absolute Gasteiger partial charge is 0.507 e. The van der Waals surface area contributed by atoms with Crippen LogP contribution in [-0.2, 0) is 14.3 Å². The number of aliphatic hydroxyl groups is 1. The molecule has 2 aromatic rings. The van der Waals surface area contributed by atoms with E-state index in [1.807, 2.05) is 6.07 Å². The molecule has 2 heterocycles. The van der Waals surface area contributed by atoms with Crippen molar-refractivity contribution in [1.82, 2.24) is 4.90 Å². The molecule has 0 bridgehead atoms. The van der Waals surface area contributed by atoms with E-state index in [1.165, 1.54) is 12.0 Å². The molecular formula is C21H19NO6. The van der Waals surface area contributed by atoms with Gasteiger partial charge in [-0.15, -0.1) is 0 Å². The lowest BCUT2D eigenvalue weighted by Gasteiger charge is -2.25. The number of likely N-dealkylation sites (tertiary alicyclic amines) is 1. The number of hydrogen-bond donors (Lipinski definition) is 1. The van der Waals surface area contributed by atoms with Crippen molar-refractivity contribution in [2.75, 3.05) is 27.1 Å². The minimum absolute atomic E-state index is 0.0474. The highest BCUT2D eigenvalue weighted by atomic mass is 16.7. The van der Waals surface area contributed by atoms with Gasteiger partial charge >= 0.3 is 0 Å². The number of carbonyl (C=O) groups is 2. The number of ether oxygens (including phenoxy) is 3. The Hall–Kier alpha value is -3.32.